The van der Waals surface area contributed by atoms with Crippen LogP contribution >= 0.6 is 0 Å². The van der Waals surface area contributed by atoms with Crippen molar-refractivity contribution in [2.75, 3.05) is 0 Å². The third-order valence-corrected chi connectivity index (χ3v) is 3.44. The van der Waals surface area contributed by atoms with Gasteiger partial charge in [0.15, 0.2) is 0 Å². The summed E-state index contributed by atoms with van der Waals surface area (Å²) in [5, 5.41) is 17.9. The molecule has 0 amide bonds. The van der Waals surface area contributed by atoms with Crippen LogP contribution in [0, 0.1) is 0 Å². The van der Waals surface area contributed by atoms with Crippen LogP contribution < -0.4 is 5.73 Å². The van der Waals surface area contributed by atoms with Crippen LogP contribution in [0.25, 0.3) is 0 Å². The van der Waals surface area contributed by atoms with Crippen LogP contribution in [0.2, 0.25) is 0 Å². The molecule has 2 rings (SSSR count). The molecule has 0 aromatic heterocycles. The first-order valence-corrected chi connectivity index (χ1v) is 7.44. The summed E-state index contributed by atoms with van der Waals surface area (Å²) in [6.07, 6.45) is 2.02. The van der Waals surface area contributed by atoms with Gasteiger partial charge in [0, 0.05) is 12.8 Å². The maximum absolute atomic E-state index is 10.5. The number of benzene rings is 2. The van der Waals surface area contributed by atoms with Crippen LogP contribution in [0.3, 0.4) is 0 Å². The van der Waals surface area contributed by atoms with Gasteiger partial charge in [0.25, 0.3) is 0 Å². The molecule has 0 saturated heterocycles. The second kappa shape index (κ2) is 7.98. The van der Waals surface area contributed by atoms with Gasteiger partial charge in [0.1, 0.15) is 5.75 Å². The Balaban J connectivity index is 1.89. The lowest BCUT2D eigenvalue weighted by Crippen LogP contribution is -2.12. The van der Waals surface area contributed by atoms with E-state index in [9.17, 15) is 9.90 Å². The second-order valence-electron chi connectivity index (χ2n) is 5.33. The summed E-state index contributed by atoms with van der Waals surface area (Å²) in [7, 11) is 0. The minimum Gasteiger partial charge on any atom is -0.508 e. The summed E-state index contributed by atoms with van der Waals surface area (Å²) in [4.78, 5) is 14.9. The van der Waals surface area contributed by atoms with Crippen LogP contribution in [-0.2, 0) is 17.6 Å². The number of phenols is 1. The van der Waals surface area contributed by atoms with Gasteiger partial charge in [0.2, 0.25) is 0 Å². The Morgan fingerprint density at radius 1 is 0.913 bits per heavy atom. The van der Waals surface area contributed by atoms with E-state index in [0.29, 0.717) is 18.7 Å². The van der Waals surface area contributed by atoms with Gasteiger partial charge in [-0.25, -0.2) is 4.99 Å². The van der Waals surface area contributed by atoms with E-state index in [-0.39, 0.29) is 12.2 Å². The highest BCUT2D eigenvalue weighted by atomic mass is 16.4. The molecular weight excluding hydrogens is 292 g/mol. The summed E-state index contributed by atoms with van der Waals surface area (Å²) in [6, 6.07) is 14.4. The number of hydrogen-bond acceptors (Lipinski definition) is 3. The zero-order chi connectivity index (χ0) is 16.7. The van der Waals surface area contributed by atoms with Crippen molar-refractivity contribution in [1.29, 1.82) is 0 Å². The second-order valence-corrected chi connectivity index (χ2v) is 5.33. The Labute approximate surface area is 135 Å². The number of aromatic hydroxyl groups is 1. The maximum Gasteiger partial charge on any atom is 0.303 e. The van der Waals surface area contributed by atoms with Crippen molar-refractivity contribution in [2.24, 2.45) is 10.7 Å². The highest BCUT2D eigenvalue weighted by Gasteiger charge is 2.01. The summed E-state index contributed by atoms with van der Waals surface area (Å²) >= 11 is 0. The summed E-state index contributed by atoms with van der Waals surface area (Å²) in [5.41, 5.74) is 8.75. The van der Waals surface area contributed by atoms with Crippen LogP contribution in [0.1, 0.15) is 24.0 Å². The number of aliphatic imine (C=N–C) groups is 1. The first-order valence-electron chi connectivity index (χ1n) is 7.44. The lowest BCUT2D eigenvalue weighted by atomic mass is 10.1. The van der Waals surface area contributed by atoms with Gasteiger partial charge < -0.3 is 15.9 Å². The number of nitrogens with zero attached hydrogens (tertiary/aromatic N) is 1. The average Bonchev–Trinajstić information content (AvgIpc) is 2.53. The molecule has 0 aliphatic carbocycles. The predicted octanol–water partition coefficient (Wildman–Crippen LogP) is 3.03. The Hall–Kier alpha value is -2.82. The Kier molecular flexibility index (Phi) is 5.74. The van der Waals surface area contributed by atoms with Gasteiger partial charge in [-0.1, -0.05) is 24.3 Å². The molecule has 0 spiro atoms. The molecule has 0 aliphatic rings. The number of carbonyl (C=O) groups is 1. The van der Waals surface area contributed by atoms with Crippen molar-refractivity contribution in [3.8, 4) is 5.75 Å². The van der Waals surface area contributed by atoms with Gasteiger partial charge in [-0.05, 0) is 48.2 Å². The van der Waals surface area contributed by atoms with E-state index in [2.05, 4.69) is 4.99 Å². The first kappa shape index (κ1) is 16.5. The largest absolute Gasteiger partial charge is 0.508 e. The van der Waals surface area contributed by atoms with Crippen LogP contribution in [0.15, 0.2) is 53.5 Å². The van der Waals surface area contributed by atoms with Crippen LogP contribution in [-0.4, -0.2) is 22.0 Å². The Morgan fingerprint density at radius 2 is 1.43 bits per heavy atom. The van der Waals surface area contributed by atoms with Crippen molar-refractivity contribution in [3.05, 3.63) is 59.7 Å². The summed E-state index contributed by atoms with van der Waals surface area (Å²) < 4.78 is 0. The fourth-order valence-electron chi connectivity index (χ4n) is 2.15. The van der Waals surface area contributed by atoms with Crippen LogP contribution in [0.5, 0.6) is 5.75 Å². The molecule has 0 bridgehead atoms. The van der Waals surface area contributed by atoms with Crippen molar-refractivity contribution in [1.82, 2.24) is 0 Å². The number of aliphatic carboxylic acids is 1. The summed E-state index contributed by atoms with van der Waals surface area (Å²) in [5.74, 6) is -0.0136. The maximum atomic E-state index is 10.5. The number of aryl methyl sites for hydroxylation is 2. The minimum atomic E-state index is -0.800. The number of amidine groups is 1. The number of phenolic OH excluding ortho intramolecular Hbond substituents is 1. The fourth-order valence-corrected chi connectivity index (χ4v) is 2.15. The SMILES string of the molecule is NC(CCc1ccc(O)cc1)=Nc1ccc(CCC(=O)O)cc1. The predicted molar refractivity (Wildman–Crippen MR) is 90.1 cm³/mol. The molecule has 5 nitrogen and oxygen atoms in total. The molecule has 2 aromatic rings. The first-order chi connectivity index (χ1) is 11.0. The smallest absolute Gasteiger partial charge is 0.303 e. The van der Waals surface area contributed by atoms with Crippen molar-refractivity contribution >= 4 is 17.5 Å². The number of nitrogens with two attached hydrogens (primary N) is 1. The van der Waals surface area contributed by atoms with Gasteiger partial charge >= 0.3 is 5.97 Å². The normalized spacial score (nSPS) is 11.4. The van der Waals surface area contributed by atoms with Gasteiger partial charge in [0.05, 0.1) is 11.5 Å². The lowest BCUT2D eigenvalue weighted by Gasteiger charge is -2.03. The van der Waals surface area contributed by atoms with Gasteiger partial charge in [-0.3, -0.25) is 4.79 Å². The van der Waals surface area contributed by atoms with Crippen molar-refractivity contribution < 1.29 is 15.0 Å². The highest BCUT2D eigenvalue weighted by molar-refractivity contribution is 5.83. The van der Waals surface area contributed by atoms with Crippen molar-refractivity contribution in [2.45, 2.75) is 25.7 Å². The highest BCUT2D eigenvalue weighted by Crippen LogP contribution is 2.15. The molecular formula is C18H20N2O3. The van der Waals surface area contributed by atoms with Crippen molar-refractivity contribution in [3.63, 3.8) is 0 Å². The zero-order valence-corrected chi connectivity index (χ0v) is 12.8. The molecule has 120 valence electrons. The molecule has 0 radical (unpaired) electrons. The Bertz CT molecular complexity index is 676. The van der Waals surface area contributed by atoms with E-state index in [1.807, 2.05) is 36.4 Å². The lowest BCUT2D eigenvalue weighted by molar-refractivity contribution is -0.136. The molecule has 0 saturated carbocycles. The van der Waals surface area contributed by atoms with Gasteiger partial charge in [-0.15, -0.1) is 0 Å². The quantitative estimate of drug-likeness (QED) is 0.541. The molecule has 0 atom stereocenters. The topological polar surface area (TPSA) is 95.9 Å². The summed E-state index contributed by atoms with van der Waals surface area (Å²) in [6.45, 7) is 0. The third kappa shape index (κ3) is 5.82. The third-order valence-electron chi connectivity index (χ3n) is 3.44. The van der Waals surface area contributed by atoms with E-state index in [1.54, 1.807) is 12.1 Å². The number of rotatable bonds is 7. The average molecular weight is 312 g/mol. The standard InChI is InChI=1S/C18H20N2O3/c19-17(11-5-14-3-9-16(21)10-4-14)20-15-7-1-13(2-8-15)6-12-18(22)23/h1-4,7-10,21H,5-6,11-12H2,(H2,19,20)(H,22,23). The van der Waals surface area contributed by atoms with E-state index in [1.165, 1.54) is 0 Å². The molecule has 2 aromatic carbocycles. The fraction of sp³-hybridized carbons (Fsp3) is 0.222. The molecule has 0 fully saturated rings. The molecule has 0 unspecified atom stereocenters. The van der Waals surface area contributed by atoms with E-state index in [4.69, 9.17) is 10.8 Å². The molecule has 23 heavy (non-hydrogen) atoms. The molecule has 5 heteroatoms. The number of hydrogen-bond donors (Lipinski definition) is 3. The van der Waals surface area contributed by atoms with E-state index >= 15 is 0 Å². The van der Waals surface area contributed by atoms with Crippen LogP contribution in [0.4, 0.5) is 5.69 Å². The molecule has 0 heterocycles. The van der Waals surface area contributed by atoms with E-state index < -0.39 is 5.97 Å². The monoisotopic (exact) mass is 312 g/mol. The Morgan fingerprint density at radius 3 is 2.00 bits per heavy atom. The number of carboxylic acids is 1. The number of carboxylic acid groups (broad SMARTS) is 1. The molecule has 4 N–H and O–H groups in total. The zero-order valence-electron chi connectivity index (χ0n) is 12.8. The van der Waals surface area contributed by atoms with E-state index in [0.717, 1.165) is 23.2 Å². The van der Waals surface area contributed by atoms with Gasteiger partial charge in [-0.2, -0.15) is 0 Å². The minimum absolute atomic E-state index is 0.122. The molecule has 0 aliphatic heterocycles.